The van der Waals surface area contributed by atoms with E-state index in [2.05, 4.69) is 29.4 Å². The fourth-order valence-corrected chi connectivity index (χ4v) is 4.24. The highest BCUT2D eigenvalue weighted by Gasteiger charge is 2.35. The molecule has 2 heterocycles. The van der Waals surface area contributed by atoms with E-state index in [1.807, 2.05) is 0 Å². The maximum Gasteiger partial charge on any atom is 0.338 e. The topological polar surface area (TPSA) is 70.7 Å². The molecule has 3 rings (SSSR count). The molecule has 0 aliphatic carbocycles. The van der Waals surface area contributed by atoms with E-state index >= 15 is 0 Å². The summed E-state index contributed by atoms with van der Waals surface area (Å²) in [6.45, 7) is 8.69. The Morgan fingerprint density at radius 2 is 1.86 bits per heavy atom. The van der Waals surface area contributed by atoms with Crippen LogP contribution < -0.4 is 10.6 Å². The SMILES string of the molecule is CCOC(=O)C1=C(CN2C[C@H](C)C[C@@H](C)C2)NC(=O)N[C@@H]1c1ccc(F)cc1. The minimum atomic E-state index is -0.678. The van der Waals surface area contributed by atoms with Crippen molar-refractivity contribution in [2.24, 2.45) is 11.8 Å². The van der Waals surface area contributed by atoms with Gasteiger partial charge in [0.15, 0.2) is 0 Å². The molecule has 0 bridgehead atoms. The molecule has 2 amide bonds. The summed E-state index contributed by atoms with van der Waals surface area (Å²) in [6.07, 6.45) is 1.17. The summed E-state index contributed by atoms with van der Waals surface area (Å²) in [7, 11) is 0. The number of rotatable bonds is 5. The number of carbonyl (C=O) groups is 2. The number of piperidine rings is 1. The molecule has 6 nitrogen and oxygen atoms in total. The van der Waals surface area contributed by atoms with Gasteiger partial charge in [-0.1, -0.05) is 26.0 Å². The summed E-state index contributed by atoms with van der Waals surface area (Å²) < 4.78 is 18.6. The van der Waals surface area contributed by atoms with Crippen molar-refractivity contribution in [3.8, 4) is 0 Å². The molecule has 3 atom stereocenters. The van der Waals surface area contributed by atoms with Crippen molar-refractivity contribution in [2.45, 2.75) is 33.2 Å². The lowest BCUT2D eigenvalue weighted by atomic mass is 9.91. The van der Waals surface area contributed by atoms with Crippen molar-refractivity contribution in [1.29, 1.82) is 0 Å². The monoisotopic (exact) mass is 389 g/mol. The number of likely N-dealkylation sites (tertiary alicyclic amines) is 1. The third-order valence-corrected chi connectivity index (χ3v) is 5.18. The van der Waals surface area contributed by atoms with Crippen LogP contribution in [0.15, 0.2) is 35.5 Å². The second kappa shape index (κ2) is 8.73. The number of benzene rings is 1. The van der Waals surface area contributed by atoms with E-state index in [1.54, 1.807) is 19.1 Å². The zero-order valence-corrected chi connectivity index (χ0v) is 16.6. The Labute approximate surface area is 165 Å². The molecular weight excluding hydrogens is 361 g/mol. The van der Waals surface area contributed by atoms with Crippen LogP contribution >= 0.6 is 0 Å². The van der Waals surface area contributed by atoms with Crippen molar-refractivity contribution >= 4 is 12.0 Å². The predicted molar refractivity (Wildman–Crippen MR) is 104 cm³/mol. The van der Waals surface area contributed by atoms with Gasteiger partial charge in [-0.05, 0) is 42.9 Å². The molecule has 1 saturated heterocycles. The van der Waals surface area contributed by atoms with Gasteiger partial charge >= 0.3 is 12.0 Å². The fraction of sp³-hybridized carbons (Fsp3) is 0.524. The van der Waals surface area contributed by atoms with Crippen LogP contribution in [0.3, 0.4) is 0 Å². The van der Waals surface area contributed by atoms with Gasteiger partial charge in [0, 0.05) is 25.3 Å². The van der Waals surface area contributed by atoms with Gasteiger partial charge in [-0.25, -0.2) is 14.0 Å². The summed E-state index contributed by atoms with van der Waals surface area (Å²) in [5, 5.41) is 5.58. The predicted octanol–water partition coefficient (Wildman–Crippen LogP) is 2.97. The van der Waals surface area contributed by atoms with Crippen LogP contribution in [0.1, 0.15) is 38.8 Å². The van der Waals surface area contributed by atoms with E-state index in [9.17, 15) is 14.0 Å². The number of nitrogens with one attached hydrogen (secondary N) is 2. The summed E-state index contributed by atoms with van der Waals surface area (Å²) >= 11 is 0. The number of ether oxygens (including phenoxy) is 1. The van der Waals surface area contributed by atoms with Gasteiger partial charge in [-0.15, -0.1) is 0 Å². The minimum absolute atomic E-state index is 0.234. The van der Waals surface area contributed by atoms with Gasteiger partial charge in [-0.3, -0.25) is 4.90 Å². The molecule has 0 spiro atoms. The molecule has 0 radical (unpaired) electrons. The third kappa shape index (κ3) is 4.70. The lowest BCUT2D eigenvalue weighted by molar-refractivity contribution is -0.139. The summed E-state index contributed by atoms with van der Waals surface area (Å²) in [4.78, 5) is 27.4. The van der Waals surface area contributed by atoms with Crippen molar-refractivity contribution in [1.82, 2.24) is 15.5 Å². The molecule has 2 N–H and O–H groups in total. The van der Waals surface area contributed by atoms with Gasteiger partial charge in [0.25, 0.3) is 0 Å². The van der Waals surface area contributed by atoms with Gasteiger partial charge < -0.3 is 15.4 Å². The second-order valence-corrected chi connectivity index (χ2v) is 7.84. The first kappa shape index (κ1) is 20.3. The zero-order valence-electron chi connectivity index (χ0n) is 16.6. The Kier molecular flexibility index (Phi) is 6.34. The van der Waals surface area contributed by atoms with E-state index in [-0.39, 0.29) is 18.5 Å². The van der Waals surface area contributed by atoms with Crippen LogP contribution in [0, 0.1) is 17.7 Å². The van der Waals surface area contributed by atoms with E-state index < -0.39 is 12.0 Å². The number of amides is 2. The minimum Gasteiger partial charge on any atom is -0.463 e. The summed E-state index contributed by atoms with van der Waals surface area (Å²) in [5.41, 5.74) is 1.56. The van der Waals surface area contributed by atoms with Crippen molar-refractivity contribution < 1.29 is 18.7 Å². The molecule has 1 aromatic rings. The Hall–Kier alpha value is -2.41. The lowest BCUT2D eigenvalue weighted by Gasteiger charge is -2.37. The first-order valence-corrected chi connectivity index (χ1v) is 9.82. The van der Waals surface area contributed by atoms with E-state index in [1.165, 1.54) is 18.6 Å². The molecule has 7 heteroatoms. The Balaban J connectivity index is 1.96. The normalized spacial score (nSPS) is 25.9. The fourth-order valence-electron chi connectivity index (χ4n) is 4.24. The molecule has 1 aromatic carbocycles. The first-order valence-electron chi connectivity index (χ1n) is 9.82. The van der Waals surface area contributed by atoms with Crippen molar-refractivity contribution in [3.05, 3.63) is 46.9 Å². The maximum atomic E-state index is 13.4. The largest absolute Gasteiger partial charge is 0.463 e. The highest BCUT2D eigenvalue weighted by Crippen LogP contribution is 2.29. The summed E-state index contributed by atoms with van der Waals surface area (Å²) in [6, 6.07) is 4.74. The van der Waals surface area contributed by atoms with Gasteiger partial charge in [0.2, 0.25) is 0 Å². The summed E-state index contributed by atoms with van der Waals surface area (Å²) in [5.74, 6) is 0.265. The maximum absolute atomic E-state index is 13.4. The first-order chi connectivity index (χ1) is 13.4. The van der Waals surface area contributed by atoms with Crippen LogP contribution in [0.5, 0.6) is 0 Å². The van der Waals surface area contributed by atoms with E-state index in [4.69, 9.17) is 4.74 Å². The number of carbonyl (C=O) groups excluding carboxylic acids is 2. The number of hydrogen-bond donors (Lipinski definition) is 2. The molecule has 0 aromatic heterocycles. The molecule has 28 heavy (non-hydrogen) atoms. The average molecular weight is 389 g/mol. The molecule has 1 fully saturated rings. The van der Waals surface area contributed by atoms with Crippen LogP contribution in [0.25, 0.3) is 0 Å². The highest BCUT2D eigenvalue weighted by molar-refractivity contribution is 5.95. The highest BCUT2D eigenvalue weighted by atomic mass is 19.1. The van der Waals surface area contributed by atoms with Crippen molar-refractivity contribution in [2.75, 3.05) is 26.2 Å². The van der Waals surface area contributed by atoms with Gasteiger partial charge in [0.1, 0.15) is 5.82 Å². The third-order valence-electron chi connectivity index (χ3n) is 5.18. The second-order valence-electron chi connectivity index (χ2n) is 7.84. The van der Waals surface area contributed by atoms with Crippen LogP contribution in [0.4, 0.5) is 9.18 Å². The number of nitrogens with zero attached hydrogens (tertiary/aromatic N) is 1. The molecular formula is C21H28FN3O3. The Morgan fingerprint density at radius 3 is 2.46 bits per heavy atom. The van der Waals surface area contributed by atoms with Gasteiger partial charge in [-0.2, -0.15) is 0 Å². The Bertz CT molecular complexity index is 753. The van der Waals surface area contributed by atoms with Crippen LogP contribution in [-0.2, 0) is 9.53 Å². The molecule has 2 aliphatic heterocycles. The zero-order chi connectivity index (χ0) is 20.3. The standard InChI is InChI=1S/C21H28FN3O3/c1-4-28-20(26)18-17(12-25-10-13(2)9-14(3)11-25)23-21(27)24-19(18)15-5-7-16(22)8-6-15/h5-8,13-14,19H,4,9-12H2,1-3H3,(H2,23,24,27)/t13-,14-,19-/m1/s1. The van der Waals surface area contributed by atoms with E-state index in [0.29, 0.717) is 35.2 Å². The number of esters is 1. The quantitative estimate of drug-likeness (QED) is 0.760. The Morgan fingerprint density at radius 1 is 1.21 bits per heavy atom. The van der Waals surface area contributed by atoms with Crippen molar-refractivity contribution in [3.63, 3.8) is 0 Å². The molecule has 0 saturated carbocycles. The number of urea groups is 1. The van der Waals surface area contributed by atoms with Crippen LogP contribution in [0.2, 0.25) is 0 Å². The molecule has 2 aliphatic rings. The smallest absolute Gasteiger partial charge is 0.338 e. The number of halogens is 1. The lowest BCUT2D eigenvalue weighted by Crippen LogP contribution is -2.50. The van der Waals surface area contributed by atoms with Crippen LogP contribution in [-0.4, -0.2) is 43.1 Å². The number of hydrogen-bond acceptors (Lipinski definition) is 4. The van der Waals surface area contributed by atoms with E-state index in [0.717, 1.165) is 13.1 Å². The molecule has 152 valence electrons. The average Bonchev–Trinajstić information content (AvgIpc) is 2.61. The molecule has 0 unspecified atom stereocenters. The van der Waals surface area contributed by atoms with Gasteiger partial charge in [0.05, 0.1) is 18.2 Å².